The van der Waals surface area contributed by atoms with Crippen LogP contribution in [-0.2, 0) is 4.74 Å². The smallest absolute Gasteiger partial charge is 0.410 e. The molecular formula is C10H18N4O3. The summed E-state index contributed by atoms with van der Waals surface area (Å²) in [5, 5.41) is 13.1. The van der Waals surface area contributed by atoms with Crippen molar-refractivity contribution < 1.29 is 14.6 Å². The first-order valence-electron chi connectivity index (χ1n) is 5.53. The van der Waals surface area contributed by atoms with Crippen molar-refractivity contribution in [2.45, 2.75) is 44.9 Å². The molecule has 2 atom stereocenters. The van der Waals surface area contributed by atoms with Crippen molar-refractivity contribution in [2.75, 3.05) is 13.1 Å². The summed E-state index contributed by atoms with van der Waals surface area (Å²) < 4.78 is 5.21. The minimum absolute atomic E-state index is 0.195. The van der Waals surface area contributed by atoms with Gasteiger partial charge >= 0.3 is 6.09 Å². The molecule has 7 heteroatoms. The molecule has 1 saturated heterocycles. The molecule has 7 nitrogen and oxygen atoms in total. The molecule has 1 N–H and O–H groups in total. The van der Waals surface area contributed by atoms with Crippen LogP contribution in [0.1, 0.15) is 27.2 Å². The van der Waals surface area contributed by atoms with E-state index in [1.165, 1.54) is 4.90 Å². The third-order valence-corrected chi connectivity index (χ3v) is 2.40. The van der Waals surface area contributed by atoms with Crippen LogP contribution in [0.25, 0.3) is 10.4 Å². The lowest BCUT2D eigenvalue weighted by molar-refractivity contribution is 0.00499. The fourth-order valence-electron chi connectivity index (χ4n) is 1.59. The van der Waals surface area contributed by atoms with Crippen molar-refractivity contribution in [3.8, 4) is 0 Å². The number of amides is 1. The topological polar surface area (TPSA) is 98.5 Å². The maximum atomic E-state index is 11.8. The summed E-state index contributed by atoms with van der Waals surface area (Å²) in [6.45, 7) is 5.96. The largest absolute Gasteiger partial charge is 0.444 e. The lowest BCUT2D eigenvalue weighted by atomic mass is 10.0. The van der Waals surface area contributed by atoms with Crippen LogP contribution in [0.15, 0.2) is 5.11 Å². The summed E-state index contributed by atoms with van der Waals surface area (Å²) in [5.74, 6) is 0. The fourth-order valence-corrected chi connectivity index (χ4v) is 1.59. The number of rotatable bonds is 1. The number of carbonyl (C=O) groups excluding carboxylic acids is 1. The van der Waals surface area contributed by atoms with Crippen LogP contribution >= 0.6 is 0 Å². The first kappa shape index (κ1) is 13.6. The number of ether oxygens (including phenoxy) is 1. The standard InChI is InChI=1S/C10H18N4O3/c1-10(2,3)17-9(16)14-5-4-8(15)7(6-14)12-13-11/h7-8,15H,4-6H2,1-3H3/t7-,8+/m1/s1. The van der Waals surface area contributed by atoms with Gasteiger partial charge in [0, 0.05) is 18.0 Å². The Kier molecular flexibility index (Phi) is 4.20. The molecule has 0 spiro atoms. The third-order valence-electron chi connectivity index (χ3n) is 2.40. The molecule has 0 aromatic rings. The van der Waals surface area contributed by atoms with Crippen molar-refractivity contribution in [3.05, 3.63) is 10.4 Å². The van der Waals surface area contributed by atoms with E-state index in [0.717, 1.165) is 0 Å². The first-order chi connectivity index (χ1) is 7.83. The number of nitrogens with zero attached hydrogens (tertiary/aromatic N) is 4. The van der Waals surface area contributed by atoms with E-state index in [0.29, 0.717) is 13.0 Å². The molecule has 0 radical (unpaired) electrons. The molecule has 0 aromatic heterocycles. The number of aliphatic hydroxyl groups is 1. The second kappa shape index (κ2) is 5.25. The van der Waals surface area contributed by atoms with Gasteiger partial charge in [-0.05, 0) is 32.7 Å². The van der Waals surface area contributed by atoms with Crippen molar-refractivity contribution in [2.24, 2.45) is 5.11 Å². The predicted molar refractivity (Wildman–Crippen MR) is 61.4 cm³/mol. The SMILES string of the molecule is CC(C)(C)OC(=O)N1CC[C@H](O)[C@H](N=[N+]=[N-])C1. The van der Waals surface area contributed by atoms with E-state index < -0.39 is 23.8 Å². The van der Waals surface area contributed by atoms with Gasteiger partial charge in [0.05, 0.1) is 12.1 Å². The molecule has 1 amide bonds. The van der Waals surface area contributed by atoms with Gasteiger partial charge in [-0.25, -0.2) is 4.79 Å². The van der Waals surface area contributed by atoms with Crippen LogP contribution in [0.2, 0.25) is 0 Å². The molecule has 1 rings (SSSR count). The molecule has 17 heavy (non-hydrogen) atoms. The van der Waals surface area contributed by atoms with Gasteiger partial charge in [0.15, 0.2) is 0 Å². The fraction of sp³-hybridized carbons (Fsp3) is 0.900. The highest BCUT2D eigenvalue weighted by atomic mass is 16.6. The maximum Gasteiger partial charge on any atom is 0.410 e. The average Bonchev–Trinajstić information content (AvgIpc) is 2.19. The summed E-state index contributed by atoms with van der Waals surface area (Å²) in [6, 6.07) is -0.596. The molecule has 0 bridgehead atoms. The summed E-state index contributed by atoms with van der Waals surface area (Å²) in [4.78, 5) is 15.9. The first-order valence-corrected chi connectivity index (χ1v) is 5.53. The number of hydrogen-bond acceptors (Lipinski definition) is 4. The van der Waals surface area contributed by atoms with Gasteiger partial charge < -0.3 is 14.7 Å². The van der Waals surface area contributed by atoms with Crippen LogP contribution in [0.4, 0.5) is 4.79 Å². The Labute approximate surface area is 100.0 Å². The molecule has 1 fully saturated rings. The van der Waals surface area contributed by atoms with Gasteiger partial charge in [-0.3, -0.25) is 0 Å². The van der Waals surface area contributed by atoms with Crippen molar-refractivity contribution in [3.63, 3.8) is 0 Å². The second-order valence-electron chi connectivity index (χ2n) is 5.05. The average molecular weight is 242 g/mol. The van der Waals surface area contributed by atoms with Crippen molar-refractivity contribution in [1.82, 2.24) is 4.90 Å². The minimum atomic E-state index is -0.690. The number of piperidine rings is 1. The normalized spacial score (nSPS) is 25.1. The minimum Gasteiger partial charge on any atom is -0.444 e. The van der Waals surface area contributed by atoms with Gasteiger partial charge in [-0.15, -0.1) is 0 Å². The molecule has 0 saturated carbocycles. The number of aliphatic hydroxyl groups excluding tert-OH is 1. The summed E-state index contributed by atoms with van der Waals surface area (Å²) in [7, 11) is 0. The molecule has 1 aliphatic heterocycles. The Morgan fingerprint density at radius 1 is 1.59 bits per heavy atom. The molecule has 1 heterocycles. The third kappa shape index (κ3) is 4.13. The number of carbonyl (C=O) groups is 1. The molecular weight excluding hydrogens is 224 g/mol. The predicted octanol–water partition coefficient (Wildman–Crippen LogP) is 1.67. The molecule has 0 aromatic carbocycles. The Hall–Kier alpha value is -1.46. The highest BCUT2D eigenvalue weighted by Crippen LogP contribution is 2.17. The summed E-state index contributed by atoms with van der Waals surface area (Å²) >= 11 is 0. The van der Waals surface area contributed by atoms with Crippen LogP contribution < -0.4 is 0 Å². The van der Waals surface area contributed by atoms with Gasteiger partial charge in [0.2, 0.25) is 0 Å². The van der Waals surface area contributed by atoms with E-state index in [2.05, 4.69) is 10.0 Å². The van der Waals surface area contributed by atoms with Crippen LogP contribution in [-0.4, -0.2) is 46.9 Å². The Balaban J connectivity index is 2.61. The Morgan fingerprint density at radius 3 is 2.76 bits per heavy atom. The quantitative estimate of drug-likeness (QED) is 0.430. The monoisotopic (exact) mass is 242 g/mol. The maximum absolute atomic E-state index is 11.8. The van der Waals surface area contributed by atoms with Crippen molar-refractivity contribution >= 4 is 6.09 Å². The van der Waals surface area contributed by atoms with Gasteiger partial charge in [-0.1, -0.05) is 5.11 Å². The zero-order valence-corrected chi connectivity index (χ0v) is 10.3. The van der Waals surface area contributed by atoms with Crippen molar-refractivity contribution in [1.29, 1.82) is 0 Å². The Morgan fingerprint density at radius 2 is 2.24 bits per heavy atom. The van der Waals surface area contributed by atoms with E-state index in [4.69, 9.17) is 10.3 Å². The van der Waals surface area contributed by atoms with E-state index >= 15 is 0 Å². The Bertz CT molecular complexity index is 333. The van der Waals surface area contributed by atoms with E-state index in [9.17, 15) is 9.90 Å². The number of likely N-dealkylation sites (tertiary alicyclic amines) is 1. The van der Waals surface area contributed by atoms with Gasteiger partial charge in [0.1, 0.15) is 5.60 Å². The summed E-state index contributed by atoms with van der Waals surface area (Å²) in [5.41, 5.74) is 7.81. The molecule has 0 aliphatic carbocycles. The zero-order valence-electron chi connectivity index (χ0n) is 10.3. The molecule has 1 aliphatic rings. The van der Waals surface area contributed by atoms with E-state index in [1.807, 2.05) is 0 Å². The van der Waals surface area contributed by atoms with Crippen LogP contribution in [0.3, 0.4) is 0 Å². The second-order valence-corrected chi connectivity index (χ2v) is 5.05. The molecule has 96 valence electrons. The summed E-state index contributed by atoms with van der Waals surface area (Å²) in [6.07, 6.45) is -0.740. The van der Waals surface area contributed by atoms with Crippen LogP contribution in [0, 0.1) is 0 Å². The number of azide groups is 1. The number of hydrogen-bond donors (Lipinski definition) is 1. The molecule has 0 unspecified atom stereocenters. The van der Waals surface area contributed by atoms with Crippen LogP contribution in [0.5, 0.6) is 0 Å². The zero-order chi connectivity index (χ0) is 13.1. The van der Waals surface area contributed by atoms with E-state index in [1.54, 1.807) is 20.8 Å². The van der Waals surface area contributed by atoms with Gasteiger partial charge in [0.25, 0.3) is 0 Å². The highest BCUT2D eigenvalue weighted by molar-refractivity contribution is 5.68. The lowest BCUT2D eigenvalue weighted by Gasteiger charge is -2.34. The van der Waals surface area contributed by atoms with E-state index in [-0.39, 0.29) is 6.54 Å². The lowest BCUT2D eigenvalue weighted by Crippen LogP contribution is -2.49. The van der Waals surface area contributed by atoms with Gasteiger partial charge in [-0.2, -0.15) is 0 Å². The highest BCUT2D eigenvalue weighted by Gasteiger charge is 2.31.